The quantitative estimate of drug-likeness (QED) is 0.873. The van der Waals surface area contributed by atoms with Crippen LogP contribution >= 0.6 is 0 Å². The van der Waals surface area contributed by atoms with Crippen molar-refractivity contribution in [3.8, 4) is 0 Å². The molecule has 1 aromatic rings. The van der Waals surface area contributed by atoms with Crippen molar-refractivity contribution >= 4 is 0 Å². The maximum absolute atomic E-state index is 13.1. The Morgan fingerprint density at radius 2 is 2.16 bits per heavy atom. The normalized spacial score (nSPS) is 30.8. The van der Waals surface area contributed by atoms with E-state index in [1.54, 1.807) is 6.07 Å². The number of halogens is 1. The lowest BCUT2D eigenvalue weighted by Crippen LogP contribution is -2.20. The van der Waals surface area contributed by atoms with Gasteiger partial charge in [-0.05, 0) is 80.0 Å². The molecule has 3 rings (SSSR count). The minimum absolute atomic E-state index is 0.191. The van der Waals surface area contributed by atoms with Crippen molar-refractivity contribution in [3.05, 3.63) is 35.1 Å². The Hall–Kier alpha value is -0.890. The summed E-state index contributed by atoms with van der Waals surface area (Å²) in [6.07, 6.45) is 6.83. The first-order valence-electron chi connectivity index (χ1n) is 7.55. The maximum atomic E-state index is 13.1. The minimum Gasteiger partial charge on any atom is -0.393 e. The van der Waals surface area contributed by atoms with Crippen LogP contribution in [0.25, 0.3) is 0 Å². The third kappa shape index (κ3) is 2.84. The molecule has 1 N–H and O–H groups in total. The molecule has 2 bridgehead atoms. The first-order chi connectivity index (χ1) is 9.11. The topological polar surface area (TPSA) is 20.2 Å². The number of benzene rings is 1. The Bertz CT molecular complexity index is 457. The van der Waals surface area contributed by atoms with E-state index in [4.69, 9.17) is 0 Å². The fourth-order valence-electron chi connectivity index (χ4n) is 4.24. The number of hydrogen-bond acceptors (Lipinski definition) is 1. The van der Waals surface area contributed by atoms with E-state index < -0.39 is 0 Å². The molecule has 2 saturated carbocycles. The molecular weight excluding hydrogens is 239 g/mol. The highest BCUT2D eigenvalue weighted by molar-refractivity contribution is 5.27. The van der Waals surface area contributed by atoms with Gasteiger partial charge in [0, 0.05) is 0 Å². The number of hydrogen-bond donors (Lipinski definition) is 1. The fourth-order valence-corrected chi connectivity index (χ4v) is 4.24. The average Bonchev–Trinajstić information content (AvgIpc) is 2.95. The van der Waals surface area contributed by atoms with E-state index in [0.29, 0.717) is 6.42 Å². The molecule has 0 radical (unpaired) electrons. The van der Waals surface area contributed by atoms with Crippen molar-refractivity contribution in [2.24, 2.45) is 17.8 Å². The molecule has 0 heterocycles. The third-order valence-corrected chi connectivity index (χ3v) is 5.22. The SMILES string of the molecule is Cc1cc(F)ccc1CC(O)CC1CC2CCC1C2. The van der Waals surface area contributed by atoms with Gasteiger partial charge in [0.05, 0.1) is 6.10 Å². The van der Waals surface area contributed by atoms with Crippen LogP contribution in [-0.2, 0) is 6.42 Å². The zero-order chi connectivity index (χ0) is 13.4. The van der Waals surface area contributed by atoms with E-state index in [-0.39, 0.29) is 11.9 Å². The van der Waals surface area contributed by atoms with Crippen LogP contribution in [0, 0.1) is 30.5 Å². The lowest BCUT2D eigenvalue weighted by atomic mass is 9.83. The van der Waals surface area contributed by atoms with Crippen LogP contribution in [0.5, 0.6) is 0 Å². The molecule has 2 heteroatoms. The molecular formula is C17H23FO. The standard InChI is InChI=1S/C17H23FO/c1-11-6-16(18)5-4-13(11)9-17(19)10-15-8-12-2-3-14(15)7-12/h4-6,12,14-15,17,19H,2-3,7-10H2,1H3. The molecule has 4 atom stereocenters. The van der Waals surface area contributed by atoms with Crippen LogP contribution in [0.2, 0.25) is 0 Å². The molecule has 2 fully saturated rings. The number of aryl methyl sites for hydroxylation is 1. The van der Waals surface area contributed by atoms with Crippen LogP contribution < -0.4 is 0 Å². The Kier molecular flexibility index (Phi) is 3.62. The highest BCUT2D eigenvalue weighted by Crippen LogP contribution is 2.49. The zero-order valence-corrected chi connectivity index (χ0v) is 11.6. The summed E-state index contributed by atoms with van der Waals surface area (Å²) >= 11 is 0. The lowest BCUT2D eigenvalue weighted by Gasteiger charge is -2.24. The van der Waals surface area contributed by atoms with E-state index in [9.17, 15) is 9.50 Å². The first kappa shape index (κ1) is 13.1. The van der Waals surface area contributed by atoms with Gasteiger partial charge in [-0.1, -0.05) is 12.5 Å². The summed E-state index contributed by atoms with van der Waals surface area (Å²) in [5, 5.41) is 10.3. The number of aliphatic hydroxyl groups excluding tert-OH is 1. The molecule has 2 aliphatic rings. The summed E-state index contributed by atoms with van der Waals surface area (Å²) < 4.78 is 13.1. The van der Waals surface area contributed by atoms with Crippen LogP contribution in [0.4, 0.5) is 4.39 Å². The van der Waals surface area contributed by atoms with Gasteiger partial charge in [-0.2, -0.15) is 0 Å². The van der Waals surface area contributed by atoms with Crippen molar-refractivity contribution in [1.29, 1.82) is 0 Å². The second-order valence-electron chi connectivity index (χ2n) is 6.60. The number of fused-ring (bicyclic) bond motifs is 2. The van der Waals surface area contributed by atoms with Gasteiger partial charge in [-0.3, -0.25) is 0 Å². The van der Waals surface area contributed by atoms with Gasteiger partial charge in [0.15, 0.2) is 0 Å². The van der Waals surface area contributed by atoms with Gasteiger partial charge in [0.25, 0.3) is 0 Å². The molecule has 1 aromatic carbocycles. The smallest absolute Gasteiger partial charge is 0.123 e. The number of rotatable bonds is 4. The predicted molar refractivity (Wildman–Crippen MR) is 74.4 cm³/mol. The van der Waals surface area contributed by atoms with Gasteiger partial charge >= 0.3 is 0 Å². The van der Waals surface area contributed by atoms with Gasteiger partial charge in [-0.25, -0.2) is 4.39 Å². The maximum Gasteiger partial charge on any atom is 0.123 e. The van der Waals surface area contributed by atoms with Crippen LogP contribution in [0.15, 0.2) is 18.2 Å². The Balaban J connectivity index is 1.57. The Labute approximate surface area is 114 Å². The van der Waals surface area contributed by atoms with Gasteiger partial charge in [0.2, 0.25) is 0 Å². The minimum atomic E-state index is -0.270. The van der Waals surface area contributed by atoms with E-state index in [1.165, 1.54) is 31.7 Å². The van der Waals surface area contributed by atoms with Crippen LogP contribution in [0.3, 0.4) is 0 Å². The highest BCUT2D eigenvalue weighted by Gasteiger charge is 2.39. The molecule has 0 amide bonds. The molecule has 0 spiro atoms. The zero-order valence-electron chi connectivity index (χ0n) is 11.6. The summed E-state index contributed by atoms with van der Waals surface area (Å²) in [5.41, 5.74) is 2.03. The van der Waals surface area contributed by atoms with Crippen molar-refractivity contribution in [1.82, 2.24) is 0 Å². The fraction of sp³-hybridized carbons (Fsp3) is 0.647. The van der Waals surface area contributed by atoms with Crippen molar-refractivity contribution in [2.75, 3.05) is 0 Å². The van der Waals surface area contributed by atoms with Crippen molar-refractivity contribution in [2.45, 2.75) is 51.6 Å². The average molecular weight is 262 g/mol. The van der Waals surface area contributed by atoms with E-state index in [1.807, 2.05) is 13.0 Å². The molecule has 4 unspecified atom stereocenters. The molecule has 2 aliphatic carbocycles. The van der Waals surface area contributed by atoms with Gasteiger partial charge in [0.1, 0.15) is 5.82 Å². The Morgan fingerprint density at radius 3 is 2.79 bits per heavy atom. The molecule has 1 nitrogen and oxygen atoms in total. The third-order valence-electron chi connectivity index (χ3n) is 5.22. The molecule has 19 heavy (non-hydrogen) atoms. The Morgan fingerprint density at radius 1 is 1.32 bits per heavy atom. The van der Waals surface area contributed by atoms with E-state index >= 15 is 0 Å². The van der Waals surface area contributed by atoms with Crippen molar-refractivity contribution < 1.29 is 9.50 Å². The second kappa shape index (κ2) is 5.24. The molecule has 104 valence electrons. The van der Waals surface area contributed by atoms with Crippen LogP contribution in [0.1, 0.15) is 43.2 Å². The summed E-state index contributed by atoms with van der Waals surface area (Å²) in [6.45, 7) is 1.92. The summed E-state index contributed by atoms with van der Waals surface area (Å²) in [7, 11) is 0. The summed E-state index contributed by atoms with van der Waals surface area (Å²) in [5.74, 6) is 2.35. The van der Waals surface area contributed by atoms with E-state index in [0.717, 1.165) is 35.3 Å². The first-order valence-corrected chi connectivity index (χ1v) is 7.55. The lowest BCUT2D eigenvalue weighted by molar-refractivity contribution is 0.124. The van der Waals surface area contributed by atoms with Gasteiger partial charge in [-0.15, -0.1) is 0 Å². The van der Waals surface area contributed by atoms with Crippen molar-refractivity contribution in [3.63, 3.8) is 0 Å². The van der Waals surface area contributed by atoms with Crippen LogP contribution in [-0.4, -0.2) is 11.2 Å². The van der Waals surface area contributed by atoms with E-state index in [2.05, 4.69) is 0 Å². The predicted octanol–water partition coefficient (Wildman–Crippen LogP) is 3.86. The largest absolute Gasteiger partial charge is 0.393 e. The molecule has 0 aliphatic heterocycles. The second-order valence-corrected chi connectivity index (χ2v) is 6.60. The molecule has 0 aromatic heterocycles. The highest BCUT2D eigenvalue weighted by atomic mass is 19.1. The van der Waals surface area contributed by atoms with Gasteiger partial charge < -0.3 is 5.11 Å². The molecule has 0 saturated heterocycles. The summed E-state index contributed by atoms with van der Waals surface area (Å²) in [4.78, 5) is 0. The monoisotopic (exact) mass is 262 g/mol. The number of aliphatic hydroxyl groups is 1. The summed E-state index contributed by atoms with van der Waals surface area (Å²) in [6, 6.07) is 4.86.